The lowest BCUT2D eigenvalue weighted by Gasteiger charge is -2.21. The quantitative estimate of drug-likeness (QED) is 0.554. The van der Waals surface area contributed by atoms with E-state index in [1.165, 1.54) is 12.3 Å². The van der Waals surface area contributed by atoms with Crippen molar-refractivity contribution in [1.82, 2.24) is 4.57 Å². The minimum absolute atomic E-state index is 0.110. The van der Waals surface area contributed by atoms with E-state index in [4.69, 9.17) is 15.2 Å². The first-order valence-electron chi connectivity index (χ1n) is 11.0. The number of ether oxygens (including phenoxy) is 2. The zero-order valence-corrected chi connectivity index (χ0v) is 18.4. The Morgan fingerprint density at radius 1 is 1.19 bits per heavy atom. The molecule has 1 aliphatic rings. The van der Waals surface area contributed by atoms with E-state index < -0.39 is 11.4 Å². The van der Waals surface area contributed by atoms with Gasteiger partial charge in [0.1, 0.15) is 5.56 Å². The number of nitrogens with two attached hydrogens (primary N) is 1. The number of hydrogen-bond acceptors (Lipinski definition) is 5. The fraction of sp³-hybridized carbons (Fsp3) is 0.500. The second kappa shape index (κ2) is 10.5. The van der Waals surface area contributed by atoms with E-state index in [0.29, 0.717) is 18.1 Å². The van der Waals surface area contributed by atoms with Gasteiger partial charge in [-0.1, -0.05) is 19.8 Å². The molecule has 168 valence electrons. The van der Waals surface area contributed by atoms with Crippen molar-refractivity contribution in [3.05, 3.63) is 45.7 Å². The van der Waals surface area contributed by atoms with Crippen molar-refractivity contribution < 1.29 is 19.4 Å². The number of carboxylic acids is 1. The Bertz CT molecular complexity index is 983. The van der Waals surface area contributed by atoms with E-state index in [0.717, 1.165) is 68.3 Å². The van der Waals surface area contributed by atoms with Crippen LogP contribution < -0.4 is 20.6 Å². The van der Waals surface area contributed by atoms with Gasteiger partial charge >= 0.3 is 5.97 Å². The van der Waals surface area contributed by atoms with E-state index in [1.54, 1.807) is 7.11 Å². The van der Waals surface area contributed by atoms with Gasteiger partial charge in [0, 0.05) is 23.9 Å². The maximum absolute atomic E-state index is 12.5. The Kier molecular flexibility index (Phi) is 7.74. The molecule has 0 aliphatic carbocycles. The average Bonchev–Trinajstić information content (AvgIpc) is 2.90. The number of methoxy groups -OCH3 is 1. The molecule has 0 saturated heterocycles. The lowest BCUT2D eigenvalue weighted by Crippen LogP contribution is -2.20. The minimum atomic E-state index is -1.20. The third-order valence-electron chi connectivity index (χ3n) is 5.94. The summed E-state index contributed by atoms with van der Waals surface area (Å²) in [6, 6.07) is 5.46. The molecule has 2 aromatic rings. The molecule has 7 heteroatoms. The Morgan fingerprint density at radius 3 is 2.65 bits per heavy atom. The molecule has 1 aromatic carbocycles. The number of unbranched alkanes of at least 4 members (excludes halogenated alkanes) is 3. The highest BCUT2D eigenvalue weighted by Crippen LogP contribution is 2.40. The van der Waals surface area contributed by atoms with Crippen LogP contribution in [0.1, 0.15) is 67.4 Å². The van der Waals surface area contributed by atoms with Crippen molar-refractivity contribution in [2.75, 3.05) is 20.3 Å². The summed E-state index contributed by atoms with van der Waals surface area (Å²) in [5, 5.41) is 9.40. The third-order valence-corrected chi connectivity index (χ3v) is 5.94. The van der Waals surface area contributed by atoms with Crippen LogP contribution in [0, 0.1) is 0 Å². The molecule has 1 unspecified atom stereocenters. The van der Waals surface area contributed by atoms with Gasteiger partial charge in [-0.3, -0.25) is 4.79 Å². The summed E-state index contributed by atoms with van der Waals surface area (Å²) in [7, 11) is 1.60. The molecule has 0 radical (unpaired) electrons. The van der Waals surface area contributed by atoms with Crippen LogP contribution in [-0.4, -0.2) is 35.9 Å². The van der Waals surface area contributed by atoms with E-state index >= 15 is 0 Å². The predicted molar refractivity (Wildman–Crippen MR) is 120 cm³/mol. The highest BCUT2D eigenvalue weighted by Gasteiger charge is 2.25. The van der Waals surface area contributed by atoms with Gasteiger partial charge in [0.25, 0.3) is 0 Å². The summed E-state index contributed by atoms with van der Waals surface area (Å²) in [5.74, 6) is 0.107. The smallest absolute Gasteiger partial charge is 0.341 e. The second-order valence-electron chi connectivity index (χ2n) is 7.96. The normalized spacial score (nSPS) is 15.0. The maximum atomic E-state index is 12.5. The summed E-state index contributed by atoms with van der Waals surface area (Å²) in [6.07, 6.45) is 8.14. The number of hydrogen-bond donors (Lipinski definition) is 2. The molecule has 1 aromatic heterocycles. The van der Waals surface area contributed by atoms with E-state index in [2.05, 4.69) is 6.92 Å². The molecule has 0 bridgehead atoms. The van der Waals surface area contributed by atoms with Crippen LogP contribution >= 0.6 is 0 Å². The van der Waals surface area contributed by atoms with Gasteiger partial charge in [0.05, 0.1) is 19.4 Å². The van der Waals surface area contributed by atoms with Gasteiger partial charge in [-0.15, -0.1) is 0 Å². The molecule has 1 aliphatic heterocycles. The van der Waals surface area contributed by atoms with E-state index in [9.17, 15) is 14.7 Å². The number of aromatic carboxylic acids is 1. The Morgan fingerprint density at radius 2 is 1.97 bits per heavy atom. The van der Waals surface area contributed by atoms with Gasteiger partial charge in [0.2, 0.25) is 0 Å². The largest absolute Gasteiger partial charge is 0.493 e. The van der Waals surface area contributed by atoms with Gasteiger partial charge < -0.3 is 24.9 Å². The topological polar surface area (TPSA) is 104 Å². The van der Waals surface area contributed by atoms with Crippen LogP contribution in [0.3, 0.4) is 0 Å². The molecular weight excluding hydrogens is 396 g/mol. The third kappa shape index (κ3) is 5.10. The molecule has 0 spiro atoms. The molecule has 2 heterocycles. The first kappa shape index (κ1) is 22.9. The summed E-state index contributed by atoms with van der Waals surface area (Å²) in [5.41, 5.74) is 7.53. The molecule has 7 nitrogen and oxygen atoms in total. The molecule has 0 saturated carbocycles. The average molecular weight is 429 g/mol. The van der Waals surface area contributed by atoms with Crippen LogP contribution in [0.15, 0.2) is 29.2 Å². The van der Waals surface area contributed by atoms with E-state index in [1.807, 2.05) is 16.7 Å². The molecule has 1 atom stereocenters. The number of carboxylic acid groups (broad SMARTS) is 1. The molecule has 3 rings (SSSR count). The van der Waals surface area contributed by atoms with Crippen molar-refractivity contribution in [2.24, 2.45) is 5.73 Å². The number of benzene rings is 1. The Hall–Kier alpha value is -2.80. The number of aryl methyl sites for hydroxylation is 1. The van der Waals surface area contributed by atoms with Crippen molar-refractivity contribution in [3.8, 4) is 22.8 Å². The van der Waals surface area contributed by atoms with E-state index in [-0.39, 0.29) is 11.6 Å². The van der Waals surface area contributed by atoms with Crippen LogP contribution in [0.25, 0.3) is 11.3 Å². The number of fused-ring (bicyclic) bond motifs is 3. The monoisotopic (exact) mass is 428 g/mol. The van der Waals surface area contributed by atoms with Gasteiger partial charge in [-0.2, -0.15) is 0 Å². The highest BCUT2D eigenvalue weighted by atomic mass is 16.5. The Labute approximate surface area is 182 Å². The number of aromatic nitrogens is 1. The zero-order valence-electron chi connectivity index (χ0n) is 18.4. The minimum Gasteiger partial charge on any atom is -0.493 e. The van der Waals surface area contributed by atoms with Crippen LogP contribution in [0.4, 0.5) is 0 Å². The summed E-state index contributed by atoms with van der Waals surface area (Å²) in [6.45, 7) is 3.40. The molecule has 31 heavy (non-hydrogen) atoms. The van der Waals surface area contributed by atoms with Crippen molar-refractivity contribution in [1.29, 1.82) is 0 Å². The lowest BCUT2D eigenvalue weighted by atomic mass is 9.99. The number of carbonyl (C=O) groups is 1. The number of rotatable bonds is 10. The van der Waals surface area contributed by atoms with Gasteiger partial charge in [0.15, 0.2) is 16.9 Å². The highest BCUT2D eigenvalue weighted by molar-refractivity contribution is 5.87. The lowest BCUT2D eigenvalue weighted by molar-refractivity contribution is 0.0694. The molecule has 3 N–H and O–H groups in total. The van der Waals surface area contributed by atoms with Crippen LogP contribution in [0.5, 0.6) is 11.5 Å². The number of pyridine rings is 1. The molecule has 0 amide bonds. The zero-order chi connectivity index (χ0) is 22.4. The summed E-state index contributed by atoms with van der Waals surface area (Å²) in [4.78, 5) is 24.0. The SMILES string of the molecule is CCC1CCc2cc(OCCCCCCN)c(OC)cc2-c2cc(=O)c(C(=O)O)cn21. The number of nitrogens with zero attached hydrogens (tertiary/aromatic N) is 1. The second-order valence-corrected chi connectivity index (χ2v) is 7.96. The summed E-state index contributed by atoms with van der Waals surface area (Å²) < 4.78 is 13.6. The van der Waals surface area contributed by atoms with Gasteiger partial charge in [-0.25, -0.2) is 4.79 Å². The van der Waals surface area contributed by atoms with Gasteiger partial charge in [-0.05, 0) is 56.3 Å². The molecular formula is C24H32N2O5. The first-order chi connectivity index (χ1) is 15.0. The standard InChI is InChI=1S/C24H32N2O5/c1-3-17-9-8-16-12-23(31-11-7-5-4-6-10-25)22(30-2)13-18(16)20-14-21(27)19(24(28)29)15-26(17)20/h12-15,17H,3-11,25H2,1-2H3,(H,28,29). The van der Waals surface area contributed by atoms with Crippen molar-refractivity contribution in [2.45, 2.75) is 57.9 Å². The van der Waals surface area contributed by atoms with Crippen molar-refractivity contribution in [3.63, 3.8) is 0 Å². The Balaban J connectivity index is 1.96. The summed E-state index contributed by atoms with van der Waals surface area (Å²) >= 11 is 0. The fourth-order valence-corrected chi connectivity index (χ4v) is 4.19. The first-order valence-corrected chi connectivity index (χ1v) is 11.0. The molecule has 0 fully saturated rings. The van der Waals surface area contributed by atoms with Crippen LogP contribution in [-0.2, 0) is 6.42 Å². The fourth-order valence-electron chi connectivity index (χ4n) is 4.19. The van der Waals surface area contributed by atoms with Crippen molar-refractivity contribution >= 4 is 5.97 Å². The predicted octanol–water partition coefficient (Wildman–Crippen LogP) is 4.02. The maximum Gasteiger partial charge on any atom is 0.341 e. The van der Waals surface area contributed by atoms with Crippen LogP contribution in [0.2, 0.25) is 0 Å².